The molecule has 0 aliphatic heterocycles. The van der Waals surface area contributed by atoms with Crippen molar-refractivity contribution in [1.82, 2.24) is 9.55 Å². The summed E-state index contributed by atoms with van der Waals surface area (Å²) in [5, 5.41) is 1.45. The Labute approximate surface area is 125 Å². The van der Waals surface area contributed by atoms with E-state index in [4.69, 9.17) is 22.8 Å². The van der Waals surface area contributed by atoms with Gasteiger partial charge in [-0.1, -0.05) is 37.2 Å². The molecule has 0 bridgehead atoms. The quantitative estimate of drug-likeness (QED) is 0.474. The average molecular weight is 307 g/mol. The van der Waals surface area contributed by atoms with Crippen LogP contribution in [0.2, 0.25) is 30.7 Å². The second-order valence-corrected chi connectivity index (χ2v) is 12.0. The standard InChI is InChI=1S/C15H19ClN2OSi/c1-5-12-10-17-15-13(14(12)16)6-7-18(15)11-19-8-9-20(2,3)4/h1,6-7,10H,8-9,11H2,2-4H3. The predicted octanol–water partition coefficient (Wildman–Crippen LogP) is 3.98. The molecule has 20 heavy (non-hydrogen) atoms. The van der Waals surface area contributed by atoms with Crippen molar-refractivity contribution in [3.05, 3.63) is 29.0 Å². The molecule has 0 spiro atoms. The van der Waals surface area contributed by atoms with Crippen LogP contribution in [0.1, 0.15) is 5.56 Å². The molecular weight excluding hydrogens is 288 g/mol. The van der Waals surface area contributed by atoms with Gasteiger partial charge in [-0.3, -0.25) is 0 Å². The van der Waals surface area contributed by atoms with E-state index in [2.05, 4.69) is 30.5 Å². The van der Waals surface area contributed by atoms with E-state index in [1.807, 2.05) is 16.8 Å². The minimum Gasteiger partial charge on any atom is -0.361 e. The lowest BCUT2D eigenvalue weighted by Crippen LogP contribution is -2.22. The molecule has 0 amide bonds. The summed E-state index contributed by atoms with van der Waals surface area (Å²) in [6, 6.07) is 3.08. The van der Waals surface area contributed by atoms with Crippen molar-refractivity contribution >= 4 is 30.7 Å². The Hall–Kier alpha value is -1.28. The first kappa shape index (κ1) is 15.1. The molecule has 0 radical (unpaired) electrons. The number of hydrogen-bond donors (Lipinski definition) is 0. The van der Waals surface area contributed by atoms with Gasteiger partial charge in [-0.2, -0.15) is 0 Å². The monoisotopic (exact) mass is 306 g/mol. The van der Waals surface area contributed by atoms with Crippen molar-refractivity contribution in [3.8, 4) is 12.3 Å². The van der Waals surface area contributed by atoms with Gasteiger partial charge < -0.3 is 9.30 Å². The van der Waals surface area contributed by atoms with E-state index in [1.165, 1.54) is 0 Å². The first-order valence-corrected chi connectivity index (χ1v) is 10.7. The molecule has 2 rings (SSSR count). The number of ether oxygens (including phenoxy) is 1. The van der Waals surface area contributed by atoms with Crippen LogP contribution in [0.3, 0.4) is 0 Å². The first-order chi connectivity index (χ1) is 9.42. The molecule has 0 aliphatic carbocycles. The van der Waals surface area contributed by atoms with Crippen LogP contribution in [0.5, 0.6) is 0 Å². The third-order valence-corrected chi connectivity index (χ3v) is 5.22. The van der Waals surface area contributed by atoms with Crippen LogP contribution in [-0.2, 0) is 11.5 Å². The zero-order valence-corrected chi connectivity index (χ0v) is 13.9. The van der Waals surface area contributed by atoms with Crippen molar-refractivity contribution in [1.29, 1.82) is 0 Å². The number of pyridine rings is 1. The van der Waals surface area contributed by atoms with E-state index >= 15 is 0 Å². The molecule has 0 atom stereocenters. The fourth-order valence-electron chi connectivity index (χ4n) is 1.85. The molecule has 0 aliphatic rings. The zero-order chi connectivity index (χ0) is 14.8. The van der Waals surface area contributed by atoms with Gasteiger partial charge in [-0.15, -0.1) is 6.42 Å². The van der Waals surface area contributed by atoms with Crippen LogP contribution in [0.15, 0.2) is 18.5 Å². The number of rotatable bonds is 5. The van der Waals surface area contributed by atoms with Gasteiger partial charge in [0.05, 0.1) is 10.6 Å². The molecule has 0 saturated heterocycles. The number of terminal acetylenes is 1. The minimum absolute atomic E-state index is 0.493. The van der Waals surface area contributed by atoms with Crippen molar-refractivity contribution in [3.63, 3.8) is 0 Å². The van der Waals surface area contributed by atoms with Gasteiger partial charge in [0.2, 0.25) is 0 Å². The highest BCUT2D eigenvalue weighted by Crippen LogP contribution is 2.26. The highest BCUT2D eigenvalue weighted by Gasteiger charge is 2.13. The summed E-state index contributed by atoms with van der Waals surface area (Å²) < 4.78 is 7.68. The maximum absolute atomic E-state index is 6.25. The third-order valence-electron chi connectivity index (χ3n) is 3.11. The molecule has 106 valence electrons. The Morgan fingerprint density at radius 2 is 2.20 bits per heavy atom. The fourth-order valence-corrected chi connectivity index (χ4v) is 2.86. The topological polar surface area (TPSA) is 27.1 Å². The maximum atomic E-state index is 6.25. The summed E-state index contributed by atoms with van der Waals surface area (Å²) in [4.78, 5) is 4.36. The SMILES string of the molecule is C#Cc1cnc2c(ccn2COCC[Si](C)(C)C)c1Cl. The van der Waals surface area contributed by atoms with E-state index in [-0.39, 0.29) is 0 Å². The molecule has 2 aromatic rings. The molecular formula is C15H19ClN2OSi. The van der Waals surface area contributed by atoms with Gasteiger partial charge in [-0.25, -0.2) is 4.98 Å². The molecule has 0 saturated carbocycles. The molecule has 2 heterocycles. The lowest BCUT2D eigenvalue weighted by molar-refractivity contribution is 0.0899. The summed E-state index contributed by atoms with van der Waals surface area (Å²) in [7, 11) is -1.05. The first-order valence-electron chi connectivity index (χ1n) is 6.60. The summed E-state index contributed by atoms with van der Waals surface area (Å²) in [6.45, 7) is 8.29. The van der Waals surface area contributed by atoms with E-state index < -0.39 is 8.07 Å². The highest BCUT2D eigenvalue weighted by molar-refractivity contribution is 6.76. The smallest absolute Gasteiger partial charge is 0.143 e. The summed E-state index contributed by atoms with van der Waals surface area (Å²) in [5.74, 6) is 2.54. The lowest BCUT2D eigenvalue weighted by Gasteiger charge is -2.15. The predicted molar refractivity (Wildman–Crippen MR) is 86.8 cm³/mol. The molecule has 2 aromatic heterocycles. The Morgan fingerprint density at radius 3 is 2.85 bits per heavy atom. The van der Waals surface area contributed by atoms with E-state index in [0.717, 1.165) is 23.7 Å². The number of fused-ring (bicyclic) bond motifs is 1. The van der Waals surface area contributed by atoms with Gasteiger partial charge in [0.1, 0.15) is 12.4 Å². The number of halogens is 1. The van der Waals surface area contributed by atoms with Gasteiger partial charge in [-0.05, 0) is 12.1 Å². The lowest BCUT2D eigenvalue weighted by atomic mass is 10.2. The van der Waals surface area contributed by atoms with Crippen molar-refractivity contribution < 1.29 is 4.74 Å². The number of aromatic nitrogens is 2. The fraction of sp³-hybridized carbons (Fsp3) is 0.400. The normalized spacial score (nSPS) is 11.8. The Balaban J connectivity index is 2.09. The van der Waals surface area contributed by atoms with Crippen molar-refractivity contribution in [2.45, 2.75) is 32.4 Å². The second kappa shape index (κ2) is 6.00. The van der Waals surface area contributed by atoms with Crippen LogP contribution < -0.4 is 0 Å². The van der Waals surface area contributed by atoms with Gasteiger partial charge in [0.15, 0.2) is 0 Å². The minimum atomic E-state index is -1.05. The Morgan fingerprint density at radius 1 is 1.45 bits per heavy atom. The van der Waals surface area contributed by atoms with Gasteiger partial charge in [0, 0.05) is 32.5 Å². The number of nitrogens with zero attached hydrogens (tertiary/aromatic N) is 2. The largest absolute Gasteiger partial charge is 0.361 e. The molecule has 0 N–H and O–H groups in total. The van der Waals surface area contributed by atoms with Crippen LogP contribution in [0, 0.1) is 12.3 Å². The second-order valence-electron chi connectivity index (χ2n) is 6.00. The van der Waals surface area contributed by atoms with Crippen molar-refractivity contribution in [2.24, 2.45) is 0 Å². The molecule has 3 nitrogen and oxygen atoms in total. The Bertz CT molecular complexity index is 652. The maximum Gasteiger partial charge on any atom is 0.143 e. The van der Waals surface area contributed by atoms with Gasteiger partial charge in [0.25, 0.3) is 0 Å². The van der Waals surface area contributed by atoms with E-state index in [9.17, 15) is 0 Å². The van der Waals surface area contributed by atoms with Gasteiger partial charge >= 0.3 is 0 Å². The van der Waals surface area contributed by atoms with Crippen LogP contribution in [-0.4, -0.2) is 24.2 Å². The Kier molecular flexibility index (Phi) is 4.54. The zero-order valence-electron chi connectivity index (χ0n) is 12.1. The van der Waals surface area contributed by atoms with Crippen LogP contribution >= 0.6 is 11.6 Å². The van der Waals surface area contributed by atoms with Crippen LogP contribution in [0.4, 0.5) is 0 Å². The van der Waals surface area contributed by atoms with Crippen LogP contribution in [0.25, 0.3) is 11.0 Å². The van der Waals surface area contributed by atoms with E-state index in [1.54, 1.807) is 6.20 Å². The molecule has 5 heteroatoms. The summed E-state index contributed by atoms with van der Waals surface area (Å²) in [5.41, 5.74) is 1.43. The van der Waals surface area contributed by atoms with E-state index in [0.29, 0.717) is 17.3 Å². The summed E-state index contributed by atoms with van der Waals surface area (Å²) in [6.07, 6.45) is 8.94. The molecule has 0 fully saturated rings. The highest BCUT2D eigenvalue weighted by atomic mass is 35.5. The third kappa shape index (κ3) is 3.43. The molecule has 0 aromatic carbocycles. The average Bonchev–Trinajstić information content (AvgIpc) is 2.78. The van der Waals surface area contributed by atoms with Crippen molar-refractivity contribution in [2.75, 3.05) is 6.61 Å². The molecule has 0 unspecified atom stereocenters. The summed E-state index contributed by atoms with van der Waals surface area (Å²) >= 11 is 6.25. The number of hydrogen-bond acceptors (Lipinski definition) is 2.